The van der Waals surface area contributed by atoms with Crippen LogP contribution in [0, 0.1) is 20.8 Å². The zero-order chi connectivity index (χ0) is 20.4. The number of hydrogen-bond donors (Lipinski definition) is 0. The summed E-state index contributed by atoms with van der Waals surface area (Å²) < 4.78 is 0. The van der Waals surface area contributed by atoms with E-state index in [1.54, 1.807) is 6.08 Å². The van der Waals surface area contributed by atoms with Crippen LogP contribution in [-0.4, -0.2) is 42.0 Å². The van der Waals surface area contributed by atoms with Gasteiger partial charge in [0.05, 0.1) is 5.52 Å². The molecule has 0 aliphatic carbocycles. The Morgan fingerprint density at radius 3 is 2.38 bits per heavy atom. The summed E-state index contributed by atoms with van der Waals surface area (Å²) in [5, 5.41) is 1.21. The molecule has 0 bridgehead atoms. The van der Waals surface area contributed by atoms with E-state index in [9.17, 15) is 4.79 Å². The molecule has 0 N–H and O–H groups in total. The van der Waals surface area contributed by atoms with E-state index < -0.39 is 0 Å². The molecule has 4 rings (SSSR count). The number of fused-ring (bicyclic) bond motifs is 1. The number of benzene rings is 2. The summed E-state index contributed by atoms with van der Waals surface area (Å²) >= 11 is 0. The molecule has 0 radical (unpaired) electrons. The Morgan fingerprint density at radius 2 is 1.66 bits per heavy atom. The highest BCUT2D eigenvalue weighted by molar-refractivity contribution is 5.92. The molecular formula is C25H27N3O. The molecule has 1 saturated heterocycles. The van der Waals surface area contributed by atoms with Gasteiger partial charge in [-0.2, -0.15) is 0 Å². The molecule has 2 heterocycles. The number of amides is 1. The largest absolute Gasteiger partial charge is 0.353 e. The first-order valence-corrected chi connectivity index (χ1v) is 10.2. The lowest BCUT2D eigenvalue weighted by molar-refractivity contribution is -0.126. The van der Waals surface area contributed by atoms with Gasteiger partial charge < -0.3 is 9.80 Å². The predicted molar refractivity (Wildman–Crippen MR) is 120 cm³/mol. The topological polar surface area (TPSA) is 36.4 Å². The lowest BCUT2D eigenvalue weighted by Gasteiger charge is -2.35. The van der Waals surface area contributed by atoms with Crippen molar-refractivity contribution in [2.24, 2.45) is 0 Å². The number of para-hydroxylation sites is 1. The van der Waals surface area contributed by atoms with Gasteiger partial charge in [-0.15, -0.1) is 0 Å². The van der Waals surface area contributed by atoms with Gasteiger partial charge in [-0.05, 0) is 49.6 Å². The quantitative estimate of drug-likeness (QED) is 0.622. The molecule has 1 aliphatic heterocycles. The monoisotopic (exact) mass is 385 g/mol. The van der Waals surface area contributed by atoms with Crippen LogP contribution in [0.1, 0.15) is 22.3 Å². The minimum absolute atomic E-state index is 0.0729. The number of piperazine rings is 1. The number of carbonyl (C=O) groups is 1. The van der Waals surface area contributed by atoms with Crippen LogP contribution in [0.5, 0.6) is 0 Å². The molecule has 148 valence electrons. The molecule has 4 nitrogen and oxygen atoms in total. The molecule has 1 fully saturated rings. The van der Waals surface area contributed by atoms with Crippen LogP contribution in [0.2, 0.25) is 0 Å². The molecule has 29 heavy (non-hydrogen) atoms. The van der Waals surface area contributed by atoms with E-state index >= 15 is 0 Å². The van der Waals surface area contributed by atoms with Crippen molar-refractivity contribution in [3.05, 3.63) is 76.9 Å². The van der Waals surface area contributed by atoms with Crippen molar-refractivity contribution in [2.45, 2.75) is 20.8 Å². The van der Waals surface area contributed by atoms with E-state index in [0.717, 1.165) is 30.0 Å². The highest BCUT2D eigenvalue weighted by Crippen LogP contribution is 2.25. The van der Waals surface area contributed by atoms with Gasteiger partial charge in [0.1, 0.15) is 5.82 Å². The van der Waals surface area contributed by atoms with Crippen LogP contribution in [-0.2, 0) is 4.79 Å². The Hall–Kier alpha value is -3.14. The Morgan fingerprint density at radius 1 is 0.931 bits per heavy atom. The first-order valence-electron chi connectivity index (χ1n) is 10.2. The van der Waals surface area contributed by atoms with E-state index in [2.05, 4.69) is 62.1 Å². The van der Waals surface area contributed by atoms with Crippen LogP contribution >= 0.6 is 0 Å². The third kappa shape index (κ3) is 4.16. The molecule has 1 aromatic heterocycles. The van der Waals surface area contributed by atoms with E-state index in [4.69, 9.17) is 4.98 Å². The molecule has 2 aromatic carbocycles. The van der Waals surface area contributed by atoms with Crippen molar-refractivity contribution in [1.29, 1.82) is 0 Å². The van der Waals surface area contributed by atoms with Gasteiger partial charge in [0, 0.05) is 37.6 Å². The van der Waals surface area contributed by atoms with Crippen LogP contribution in [0.25, 0.3) is 17.0 Å². The Labute approximate surface area is 172 Å². The fourth-order valence-electron chi connectivity index (χ4n) is 3.81. The Bertz CT molecular complexity index is 1060. The van der Waals surface area contributed by atoms with Crippen molar-refractivity contribution in [1.82, 2.24) is 9.88 Å². The first kappa shape index (κ1) is 19.2. The van der Waals surface area contributed by atoms with Gasteiger partial charge in [0.25, 0.3) is 0 Å². The SMILES string of the molecule is Cc1ccc(/C=C/C(=O)N2CCN(c3cc(C)c4cccc(C)c4n3)CC2)cc1. The molecule has 1 aliphatic rings. The molecular weight excluding hydrogens is 358 g/mol. The summed E-state index contributed by atoms with van der Waals surface area (Å²) in [6, 6.07) is 16.7. The highest BCUT2D eigenvalue weighted by Gasteiger charge is 2.21. The van der Waals surface area contributed by atoms with E-state index in [1.165, 1.54) is 22.1 Å². The van der Waals surface area contributed by atoms with Crippen molar-refractivity contribution < 1.29 is 4.79 Å². The van der Waals surface area contributed by atoms with Crippen molar-refractivity contribution >= 4 is 28.7 Å². The summed E-state index contributed by atoms with van der Waals surface area (Å²) in [5.74, 6) is 1.08. The molecule has 4 heteroatoms. The summed E-state index contributed by atoms with van der Waals surface area (Å²) in [7, 11) is 0. The molecule has 3 aromatic rings. The Balaban J connectivity index is 1.43. The lowest BCUT2D eigenvalue weighted by Crippen LogP contribution is -2.48. The van der Waals surface area contributed by atoms with Crippen LogP contribution < -0.4 is 4.90 Å². The molecule has 0 atom stereocenters. The minimum atomic E-state index is 0.0729. The lowest BCUT2D eigenvalue weighted by atomic mass is 10.1. The third-order valence-corrected chi connectivity index (χ3v) is 5.65. The zero-order valence-electron chi connectivity index (χ0n) is 17.4. The number of pyridine rings is 1. The molecule has 1 amide bonds. The standard InChI is InChI=1S/C25H27N3O/c1-18-7-9-21(10-8-18)11-12-24(29)28-15-13-27(14-16-28)23-17-20(3)22-6-4-5-19(2)25(22)26-23/h4-12,17H,13-16H2,1-3H3/b12-11+. The van der Waals surface area contributed by atoms with Gasteiger partial charge in [0.15, 0.2) is 0 Å². The average Bonchev–Trinajstić information content (AvgIpc) is 2.74. The third-order valence-electron chi connectivity index (χ3n) is 5.65. The maximum absolute atomic E-state index is 12.6. The second kappa shape index (κ2) is 8.08. The number of carbonyl (C=O) groups excluding carboxylic acids is 1. The number of anilines is 1. The van der Waals surface area contributed by atoms with Crippen LogP contribution in [0.4, 0.5) is 5.82 Å². The minimum Gasteiger partial charge on any atom is -0.353 e. The van der Waals surface area contributed by atoms with Gasteiger partial charge >= 0.3 is 0 Å². The van der Waals surface area contributed by atoms with E-state index in [1.807, 2.05) is 23.1 Å². The van der Waals surface area contributed by atoms with E-state index in [-0.39, 0.29) is 5.91 Å². The molecule has 0 saturated carbocycles. The zero-order valence-corrected chi connectivity index (χ0v) is 17.4. The number of rotatable bonds is 3. The number of nitrogens with zero attached hydrogens (tertiary/aromatic N) is 3. The fourth-order valence-corrected chi connectivity index (χ4v) is 3.81. The van der Waals surface area contributed by atoms with Crippen LogP contribution in [0.3, 0.4) is 0 Å². The number of hydrogen-bond acceptors (Lipinski definition) is 3. The number of aryl methyl sites for hydroxylation is 3. The maximum Gasteiger partial charge on any atom is 0.246 e. The van der Waals surface area contributed by atoms with E-state index in [0.29, 0.717) is 13.1 Å². The Kier molecular flexibility index (Phi) is 5.34. The van der Waals surface area contributed by atoms with Gasteiger partial charge in [-0.3, -0.25) is 4.79 Å². The summed E-state index contributed by atoms with van der Waals surface area (Å²) in [6.45, 7) is 9.33. The summed E-state index contributed by atoms with van der Waals surface area (Å²) in [4.78, 5) is 21.7. The van der Waals surface area contributed by atoms with Crippen molar-refractivity contribution in [3.8, 4) is 0 Å². The fraction of sp³-hybridized carbons (Fsp3) is 0.280. The second-order valence-electron chi connectivity index (χ2n) is 7.82. The normalized spacial score (nSPS) is 14.7. The average molecular weight is 386 g/mol. The summed E-state index contributed by atoms with van der Waals surface area (Å²) in [6.07, 6.45) is 3.58. The predicted octanol–water partition coefficient (Wildman–Crippen LogP) is 4.52. The second-order valence-corrected chi connectivity index (χ2v) is 7.82. The molecule has 0 unspecified atom stereocenters. The summed E-state index contributed by atoms with van der Waals surface area (Å²) in [5.41, 5.74) is 5.78. The van der Waals surface area contributed by atoms with Crippen LogP contribution in [0.15, 0.2) is 54.6 Å². The van der Waals surface area contributed by atoms with Crippen molar-refractivity contribution in [3.63, 3.8) is 0 Å². The van der Waals surface area contributed by atoms with Gasteiger partial charge in [-0.1, -0.05) is 48.0 Å². The van der Waals surface area contributed by atoms with Gasteiger partial charge in [-0.25, -0.2) is 4.98 Å². The smallest absolute Gasteiger partial charge is 0.246 e. The highest BCUT2D eigenvalue weighted by atomic mass is 16.2. The number of aromatic nitrogens is 1. The molecule has 0 spiro atoms. The van der Waals surface area contributed by atoms with Crippen molar-refractivity contribution in [2.75, 3.05) is 31.1 Å². The first-order chi connectivity index (χ1) is 14.0. The maximum atomic E-state index is 12.6. The van der Waals surface area contributed by atoms with Gasteiger partial charge in [0.2, 0.25) is 5.91 Å².